The van der Waals surface area contributed by atoms with E-state index >= 15 is 0 Å². The lowest BCUT2D eigenvalue weighted by molar-refractivity contribution is 0.0527. The first-order valence-corrected chi connectivity index (χ1v) is 9.80. The van der Waals surface area contributed by atoms with Gasteiger partial charge in [-0.2, -0.15) is 5.10 Å². The van der Waals surface area contributed by atoms with Crippen LogP contribution in [0.3, 0.4) is 0 Å². The highest BCUT2D eigenvalue weighted by Gasteiger charge is 2.24. The van der Waals surface area contributed by atoms with Crippen molar-refractivity contribution < 1.29 is 17.9 Å². The van der Waals surface area contributed by atoms with Crippen LogP contribution in [0.4, 0.5) is 5.82 Å². The van der Waals surface area contributed by atoms with Crippen molar-refractivity contribution in [3.05, 3.63) is 71.9 Å². The van der Waals surface area contributed by atoms with Gasteiger partial charge in [0.1, 0.15) is 5.56 Å². The van der Waals surface area contributed by atoms with Crippen LogP contribution < -0.4 is 4.72 Å². The van der Waals surface area contributed by atoms with E-state index < -0.39 is 16.0 Å². The fraction of sp³-hybridized carbons (Fsp3) is 0.158. The van der Waals surface area contributed by atoms with Gasteiger partial charge in [0.25, 0.3) is 10.0 Å². The molecule has 0 aliphatic rings. The van der Waals surface area contributed by atoms with Gasteiger partial charge in [-0.25, -0.2) is 17.9 Å². The highest BCUT2D eigenvalue weighted by Crippen LogP contribution is 2.24. The standard InChI is InChI=1S/C19H19N3O4S/c1-3-26-19(23)17-13-20-22(15-11-9-14(2)10-12-15)18(17)21-27(24,25)16-7-5-4-6-8-16/h4-13,21H,3H2,1-2H3. The van der Waals surface area contributed by atoms with Crippen LogP contribution in [0.15, 0.2) is 65.7 Å². The van der Waals surface area contributed by atoms with Gasteiger partial charge in [0.15, 0.2) is 5.82 Å². The minimum atomic E-state index is -3.91. The monoisotopic (exact) mass is 385 g/mol. The minimum absolute atomic E-state index is 0.0288. The number of rotatable bonds is 6. The molecular weight excluding hydrogens is 366 g/mol. The Morgan fingerprint density at radius 1 is 1.11 bits per heavy atom. The number of sulfonamides is 1. The van der Waals surface area contributed by atoms with Gasteiger partial charge in [-0.1, -0.05) is 35.9 Å². The number of aromatic nitrogens is 2. The van der Waals surface area contributed by atoms with E-state index in [1.165, 1.54) is 23.0 Å². The molecule has 2 aromatic carbocycles. The predicted molar refractivity (Wildman–Crippen MR) is 102 cm³/mol. The third-order valence-electron chi connectivity index (χ3n) is 3.83. The number of nitrogens with one attached hydrogen (secondary N) is 1. The third kappa shape index (κ3) is 4.01. The van der Waals surface area contributed by atoms with Crippen molar-refractivity contribution >= 4 is 21.8 Å². The summed E-state index contributed by atoms with van der Waals surface area (Å²) in [6.07, 6.45) is 1.29. The first kappa shape index (κ1) is 18.7. The van der Waals surface area contributed by atoms with Gasteiger partial charge < -0.3 is 4.74 Å². The summed E-state index contributed by atoms with van der Waals surface area (Å²) in [7, 11) is -3.91. The quantitative estimate of drug-likeness (QED) is 0.658. The van der Waals surface area contributed by atoms with E-state index in [1.54, 1.807) is 37.3 Å². The Morgan fingerprint density at radius 3 is 2.41 bits per heavy atom. The van der Waals surface area contributed by atoms with Crippen LogP contribution in [0.2, 0.25) is 0 Å². The van der Waals surface area contributed by atoms with Gasteiger partial charge in [-0.15, -0.1) is 0 Å². The minimum Gasteiger partial charge on any atom is -0.462 e. The smallest absolute Gasteiger partial charge is 0.343 e. The molecule has 0 saturated heterocycles. The van der Waals surface area contributed by atoms with Crippen molar-refractivity contribution in [1.29, 1.82) is 0 Å². The SMILES string of the molecule is CCOC(=O)c1cnn(-c2ccc(C)cc2)c1NS(=O)(=O)c1ccccc1. The number of ether oxygens (including phenoxy) is 1. The maximum atomic E-state index is 12.8. The lowest BCUT2D eigenvalue weighted by Gasteiger charge is -2.12. The van der Waals surface area contributed by atoms with Crippen molar-refractivity contribution in [3.63, 3.8) is 0 Å². The molecule has 0 aliphatic heterocycles. The zero-order valence-electron chi connectivity index (χ0n) is 14.9. The number of nitrogens with zero attached hydrogens (tertiary/aromatic N) is 2. The molecule has 3 aromatic rings. The summed E-state index contributed by atoms with van der Waals surface area (Å²) in [6, 6.07) is 15.2. The lowest BCUT2D eigenvalue weighted by atomic mass is 10.2. The molecule has 27 heavy (non-hydrogen) atoms. The molecule has 0 saturated carbocycles. The van der Waals surface area contributed by atoms with E-state index in [0.29, 0.717) is 5.69 Å². The topological polar surface area (TPSA) is 90.3 Å². The molecular formula is C19H19N3O4S. The van der Waals surface area contributed by atoms with E-state index in [-0.39, 0.29) is 22.9 Å². The molecule has 0 spiro atoms. The maximum Gasteiger partial charge on any atom is 0.343 e. The van der Waals surface area contributed by atoms with E-state index in [1.807, 2.05) is 19.1 Å². The second-order valence-electron chi connectivity index (χ2n) is 5.79. The number of carbonyl (C=O) groups excluding carboxylic acids is 1. The Morgan fingerprint density at radius 2 is 1.78 bits per heavy atom. The molecule has 0 aliphatic carbocycles. The van der Waals surface area contributed by atoms with Gasteiger partial charge in [0.05, 0.1) is 23.4 Å². The molecule has 3 rings (SSSR count). The number of carbonyl (C=O) groups is 1. The van der Waals surface area contributed by atoms with Gasteiger partial charge in [0.2, 0.25) is 0 Å². The Balaban J connectivity index is 2.09. The lowest BCUT2D eigenvalue weighted by Crippen LogP contribution is -2.18. The van der Waals surface area contributed by atoms with Gasteiger partial charge in [0, 0.05) is 0 Å². The van der Waals surface area contributed by atoms with Crippen molar-refractivity contribution in [3.8, 4) is 5.69 Å². The fourth-order valence-corrected chi connectivity index (χ4v) is 3.56. The summed E-state index contributed by atoms with van der Waals surface area (Å²) in [6.45, 7) is 3.78. The molecule has 140 valence electrons. The van der Waals surface area contributed by atoms with Crippen LogP contribution in [0.25, 0.3) is 5.69 Å². The molecule has 1 N–H and O–H groups in total. The summed E-state index contributed by atoms with van der Waals surface area (Å²) in [4.78, 5) is 12.4. The molecule has 0 unspecified atom stereocenters. The highest BCUT2D eigenvalue weighted by molar-refractivity contribution is 7.92. The van der Waals surface area contributed by atoms with Crippen LogP contribution in [0.1, 0.15) is 22.8 Å². The number of anilines is 1. The second-order valence-corrected chi connectivity index (χ2v) is 7.48. The fourth-order valence-electron chi connectivity index (χ4n) is 2.47. The Bertz CT molecular complexity index is 1040. The van der Waals surface area contributed by atoms with Gasteiger partial charge >= 0.3 is 5.97 Å². The third-order valence-corrected chi connectivity index (χ3v) is 5.18. The van der Waals surface area contributed by atoms with Crippen LogP contribution in [0.5, 0.6) is 0 Å². The van der Waals surface area contributed by atoms with E-state index in [9.17, 15) is 13.2 Å². The molecule has 0 bridgehead atoms. The normalized spacial score (nSPS) is 11.2. The molecule has 0 amide bonds. The van der Waals surface area contributed by atoms with E-state index in [0.717, 1.165) is 5.56 Å². The Kier molecular flexibility index (Phi) is 5.27. The summed E-state index contributed by atoms with van der Waals surface area (Å²) in [5.41, 5.74) is 1.70. The van der Waals surface area contributed by atoms with Crippen molar-refractivity contribution in [2.45, 2.75) is 18.7 Å². The molecule has 0 fully saturated rings. The molecule has 0 radical (unpaired) electrons. The number of hydrogen-bond donors (Lipinski definition) is 1. The van der Waals surface area contributed by atoms with Crippen molar-refractivity contribution in [2.75, 3.05) is 11.3 Å². The maximum absolute atomic E-state index is 12.8. The van der Waals surface area contributed by atoms with E-state index in [2.05, 4.69) is 9.82 Å². The van der Waals surface area contributed by atoms with Crippen molar-refractivity contribution in [1.82, 2.24) is 9.78 Å². The van der Waals surface area contributed by atoms with Gasteiger partial charge in [-0.05, 0) is 38.1 Å². The molecule has 0 atom stereocenters. The number of benzene rings is 2. The summed E-state index contributed by atoms with van der Waals surface area (Å²) >= 11 is 0. The predicted octanol–water partition coefficient (Wildman–Crippen LogP) is 3.16. The summed E-state index contributed by atoms with van der Waals surface area (Å²) < 4.78 is 34.4. The first-order chi connectivity index (χ1) is 12.9. The van der Waals surface area contributed by atoms with Crippen LogP contribution in [-0.4, -0.2) is 30.8 Å². The molecule has 1 aromatic heterocycles. The number of hydrogen-bond acceptors (Lipinski definition) is 5. The summed E-state index contributed by atoms with van der Waals surface area (Å²) in [5.74, 6) is -0.622. The molecule has 1 heterocycles. The van der Waals surface area contributed by atoms with Crippen molar-refractivity contribution in [2.24, 2.45) is 0 Å². The van der Waals surface area contributed by atoms with Gasteiger partial charge in [-0.3, -0.25) is 4.72 Å². The number of aryl methyl sites for hydroxylation is 1. The highest BCUT2D eigenvalue weighted by atomic mass is 32.2. The zero-order chi connectivity index (χ0) is 19.4. The largest absolute Gasteiger partial charge is 0.462 e. The average molecular weight is 385 g/mol. The molecule has 7 nitrogen and oxygen atoms in total. The Labute approximate surface area is 157 Å². The second kappa shape index (κ2) is 7.63. The zero-order valence-corrected chi connectivity index (χ0v) is 15.7. The van der Waals surface area contributed by atoms with Crippen LogP contribution in [0, 0.1) is 6.92 Å². The van der Waals surface area contributed by atoms with E-state index in [4.69, 9.17) is 4.74 Å². The average Bonchev–Trinajstić information content (AvgIpc) is 3.06. The van der Waals surface area contributed by atoms with Crippen LogP contribution in [-0.2, 0) is 14.8 Å². The first-order valence-electron chi connectivity index (χ1n) is 8.32. The molecule has 8 heteroatoms. The summed E-state index contributed by atoms with van der Waals surface area (Å²) in [5, 5.41) is 4.19. The number of esters is 1. The Hall–Kier alpha value is -3.13. The van der Waals surface area contributed by atoms with Crippen LogP contribution >= 0.6 is 0 Å².